The van der Waals surface area contributed by atoms with Crippen LogP contribution >= 0.6 is 11.6 Å². The Bertz CT molecular complexity index is 757. The molecular weight excluding hydrogens is 386 g/mol. The number of morpholine rings is 1. The Morgan fingerprint density at radius 3 is 2.24 bits per heavy atom. The molecule has 2 aromatic carbocycles. The first kappa shape index (κ1) is 22.1. The lowest BCUT2D eigenvalue weighted by Crippen LogP contribution is -2.45. The second-order valence-electron chi connectivity index (χ2n) is 8.27. The Morgan fingerprint density at radius 2 is 1.69 bits per heavy atom. The van der Waals surface area contributed by atoms with Crippen LogP contribution in [0.1, 0.15) is 37.3 Å². The van der Waals surface area contributed by atoms with Crippen LogP contribution in [-0.4, -0.2) is 50.0 Å². The third-order valence-corrected chi connectivity index (χ3v) is 5.95. The van der Waals surface area contributed by atoms with E-state index in [2.05, 4.69) is 18.7 Å². The van der Waals surface area contributed by atoms with Crippen LogP contribution in [0.2, 0.25) is 5.02 Å². The normalized spacial score (nSPS) is 18.4. The molecule has 158 valence electrons. The highest BCUT2D eigenvalue weighted by molar-refractivity contribution is 6.30. The van der Waals surface area contributed by atoms with E-state index in [0.29, 0.717) is 17.4 Å². The van der Waals surface area contributed by atoms with Crippen LogP contribution in [0.15, 0.2) is 48.5 Å². The van der Waals surface area contributed by atoms with Crippen molar-refractivity contribution >= 4 is 11.6 Å². The second-order valence-corrected chi connectivity index (χ2v) is 8.70. The van der Waals surface area contributed by atoms with Gasteiger partial charge in [0.05, 0.1) is 25.9 Å². The minimum Gasteiger partial charge on any atom is -0.497 e. The number of hydrogen-bond donors (Lipinski definition) is 1. The number of methoxy groups -OCH3 is 1. The van der Waals surface area contributed by atoms with Crippen molar-refractivity contribution in [3.63, 3.8) is 0 Å². The maximum absolute atomic E-state index is 12.2. The van der Waals surface area contributed by atoms with Crippen molar-refractivity contribution in [3.8, 4) is 5.75 Å². The SMILES string of the molecule is COc1ccc([C@](O)(CC(C)C)[C@@H](CN2CCOCC2)c2ccc(Cl)cc2)cc1. The second kappa shape index (κ2) is 9.94. The first-order valence-corrected chi connectivity index (χ1v) is 10.7. The van der Waals surface area contributed by atoms with Gasteiger partial charge < -0.3 is 14.6 Å². The molecule has 29 heavy (non-hydrogen) atoms. The summed E-state index contributed by atoms with van der Waals surface area (Å²) in [4.78, 5) is 2.39. The summed E-state index contributed by atoms with van der Waals surface area (Å²) in [6, 6.07) is 15.7. The van der Waals surface area contributed by atoms with Gasteiger partial charge in [-0.2, -0.15) is 0 Å². The Balaban J connectivity index is 2.03. The van der Waals surface area contributed by atoms with Crippen LogP contribution in [0.25, 0.3) is 0 Å². The maximum atomic E-state index is 12.2. The van der Waals surface area contributed by atoms with Crippen LogP contribution in [0.3, 0.4) is 0 Å². The molecule has 3 rings (SSSR count). The smallest absolute Gasteiger partial charge is 0.118 e. The molecule has 1 saturated heterocycles. The summed E-state index contributed by atoms with van der Waals surface area (Å²) in [6.45, 7) is 8.30. The number of hydrogen-bond acceptors (Lipinski definition) is 4. The summed E-state index contributed by atoms with van der Waals surface area (Å²) in [5, 5.41) is 12.9. The van der Waals surface area contributed by atoms with Crippen molar-refractivity contribution in [2.75, 3.05) is 40.0 Å². The molecular formula is C24H32ClNO3. The highest BCUT2D eigenvalue weighted by atomic mass is 35.5. The van der Waals surface area contributed by atoms with Gasteiger partial charge in [0.1, 0.15) is 5.75 Å². The molecule has 0 unspecified atom stereocenters. The lowest BCUT2D eigenvalue weighted by molar-refractivity contribution is -0.0356. The highest BCUT2D eigenvalue weighted by Gasteiger charge is 2.41. The average molecular weight is 418 g/mol. The van der Waals surface area contributed by atoms with Crippen molar-refractivity contribution in [1.82, 2.24) is 4.90 Å². The van der Waals surface area contributed by atoms with E-state index < -0.39 is 5.60 Å². The molecule has 0 radical (unpaired) electrons. The Morgan fingerprint density at radius 1 is 1.07 bits per heavy atom. The van der Waals surface area contributed by atoms with E-state index in [4.69, 9.17) is 21.1 Å². The van der Waals surface area contributed by atoms with Gasteiger partial charge in [0.15, 0.2) is 0 Å². The quantitative estimate of drug-likeness (QED) is 0.676. The molecule has 2 aromatic rings. The molecule has 0 aromatic heterocycles. The molecule has 1 fully saturated rings. The number of halogens is 1. The van der Waals surface area contributed by atoms with Crippen molar-refractivity contribution in [1.29, 1.82) is 0 Å². The van der Waals surface area contributed by atoms with Gasteiger partial charge in [-0.1, -0.05) is 49.7 Å². The molecule has 2 atom stereocenters. The van der Waals surface area contributed by atoms with Gasteiger partial charge in [-0.05, 0) is 47.7 Å². The predicted octanol–water partition coefficient (Wildman–Crippen LogP) is 4.70. The lowest BCUT2D eigenvalue weighted by Gasteiger charge is -2.42. The monoisotopic (exact) mass is 417 g/mol. The van der Waals surface area contributed by atoms with Gasteiger partial charge >= 0.3 is 0 Å². The fraction of sp³-hybridized carbons (Fsp3) is 0.500. The minimum atomic E-state index is -1.01. The molecule has 1 aliphatic heterocycles. The maximum Gasteiger partial charge on any atom is 0.118 e. The zero-order valence-electron chi connectivity index (χ0n) is 17.6. The molecule has 1 N–H and O–H groups in total. The standard InChI is InChI=1S/C24H32ClNO3/c1-18(2)16-24(27,20-6-10-22(28-3)11-7-20)23(17-26-12-14-29-15-13-26)19-4-8-21(25)9-5-19/h4-11,18,23,27H,12-17H2,1-3H3/t23-,24+/m0/s1. The molecule has 1 heterocycles. The van der Waals surface area contributed by atoms with Crippen molar-refractivity contribution in [2.45, 2.75) is 31.8 Å². The number of ether oxygens (including phenoxy) is 2. The topological polar surface area (TPSA) is 41.9 Å². The van der Waals surface area contributed by atoms with Gasteiger partial charge in [-0.3, -0.25) is 4.90 Å². The summed E-state index contributed by atoms with van der Waals surface area (Å²) in [7, 11) is 1.66. The molecule has 0 aliphatic carbocycles. The highest BCUT2D eigenvalue weighted by Crippen LogP contribution is 2.43. The van der Waals surface area contributed by atoms with Crippen LogP contribution in [0.5, 0.6) is 5.75 Å². The van der Waals surface area contributed by atoms with E-state index in [9.17, 15) is 5.11 Å². The van der Waals surface area contributed by atoms with Crippen molar-refractivity contribution < 1.29 is 14.6 Å². The van der Waals surface area contributed by atoms with E-state index in [0.717, 1.165) is 49.7 Å². The summed E-state index contributed by atoms with van der Waals surface area (Å²) < 4.78 is 10.9. The van der Waals surface area contributed by atoms with E-state index in [1.807, 2.05) is 48.5 Å². The van der Waals surface area contributed by atoms with E-state index >= 15 is 0 Å². The van der Waals surface area contributed by atoms with E-state index in [-0.39, 0.29) is 5.92 Å². The zero-order chi connectivity index (χ0) is 20.9. The molecule has 0 bridgehead atoms. The van der Waals surface area contributed by atoms with Gasteiger partial charge in [0, 0.05) is 30.6 Å². The largest absolute Gasteiger partial charge is 0.497 e. The third kappa shape index (κ3) is 5.52. The van der Waals surface area contributed by atoms with Gasteiger partial charge in [0.2, 0.25) is 0 Å². The molecule has 0 saturated carbocycles. The summed E-state index contributed by atoms with van der Waals surface area (Å²) in [6.07, 6.45) is 0.664. The molecule has 0 amide bonds. The molecule has 5 heteroatoms. The summed E-state index contributed by atoms with van der Waals surface area (Å²) >= 11 is 6.15. The summed E-state index contributed by atoms with van der Waals surface area (Å²) in [5.41, 5.74) is 1.01. The first-order chi connectivity index (χ1) is 13.9. The van der Waals surface area contributed by atoms with Crippen molar-refractivity contribution in [2.24, 2.45) is 5.92 Å². The van der Waals surface area contributed by atoms with Crippen LogP contribution in [0.4, 0.5) is 0 Å². The Labute approximate surface area is 179 Å². The Hall–Kier alpha value is -1.59. The number of aliphatic hydroxyl groups is 1. The molecule has 1 aliphatic rings. The van der Waals surface area contributed by atoms with Gasteiger partial charge in [0.25, 0.3) is 0 Å². The predicted molar refractivity (Wildman–Crippen MR) is 118 cm³/mol. The lowest BCUT2D eigenvalue weighted by atomic mass is 9.72. The number of benzene rings is 2. The van der Waals surface area contributed by atoms with Crippen LogP contribution in [-0.2, 0) is 10.3 Å². The van der Waals surface area contributed by atoms with Gasteiger partial charge in [-0.15, -0.1) is 0 Å². The van der Waals surface area contributed by atoms with Crippen LogP contribution < -0.4 is 4.74 Å². The van der Waals surface area contributed by atoms with E-state index in [1.54, 1.807) is 7.11 Å². The number of rotatable bonds is 8. The molecule has 4 nitrogen and oxygen atoms in total. The van der Waals surface area contributed by atoms with E-state index in [1.165, 1.54) is 0 Å². The van der Waals surface area contributed by atoms with Gasteiger partial charge in [-0.25, -0.2) is 0 Å². The van der Waals surface area contributed by atoms with Crippen molar-refractivity contribution in [3.05, 3.63) is 64.7 Å². The Kier molecular flexibility index (Phi) is 7.58. The average Bonchev–Trinajstić information content (AvgIpc) is 2.73. The number of nitrogens with zero attached hydrogens (tertiary/aromatic N) is 1. The summed E-state index contributed by atoms with van der Waals surface area (Å²) in [5.74, 6) is 1.03. The molecule has 0 spiro atoms. The fourth-order valence-electron chi connectivity index (χ4n) is 4.23. The first-order valence-electron chi connectivity index (χ1n) is 10.3. The fourth-order valence-corrected chi connectivity index (χ4v) is 4.36. The van der Waals surface area contributed by atoms with Crippen LogP contribution in [0, 0.1) is 5.92 Å². The zero-order valence-corrected chi connectivity index (χ0v) is 18.4. The third-order valence-electron chi connectivity index (χ3n) is 5.70. The minimum absolute atomic E-state index is 0.0892.